The zero-order valence-corrected chi connectivity index (χ0v) is 16.5. The van der Waals surface area contributed by atoms with Crippen LogP contribution in [0.1, 0.15) is 31.3 Å². The molecule has 0 saturated carbocycles. The molecule has 0 radical (unpaired) electrons. The van der Waals surface area contributed by atoms with E-state index in [0.29, 0.717) is 13.1 Å². The van der Waals surface area contributed by atoms with Crippen LogP contribution < -0.4 is 4.74 Å². The molecule has 1 aromatic heterocycles. The number of hydrogen-bond acceptors (Lipinski definition) is 6. The van der Waals surface area contributed by atoms with Crippen LogP contribution in [0.2, 0.25) is 0 Å². The summed E-state index contributed by atoms with van der Waals surface area (Å²) in [6, 6.07) is 9.34. The van der Waals surface area contributed by atoms with Crippen molar-refractivity contribution in [1.29, 1.82) is 0 Å². The number of nitrogens with zero attached hydrogens (tertiary/aromatic N) is 3. The molecule has 2 heterocycles. The summed E-state index contributed by atoms with van der Waals surface area (Å²) < 4.78 is 17.8. The van der Waals surface area contributed by atoms with E-state index in [1.807, 2.05) is 44.2 Å². The van der Waals surface area contributed by atoms with Crippen LogP contribution in [-0.2, 0) is 14.3 Å². The van der Waals surface area contributed by atoms with Crippen molar-refractivity contribution >= 4 is 11.9 Å². The SMILES string of the molecule is COc1cn(-c2ccccc2)nc1C(=O)OC(C)C(=O)N1CC(C)OC(C)C1. The highest BCUT2D eigenvalue weighted by Crippen LogP contribution is 2.21. The molecule has 28 heavy (non-hydrogen) atoms. The van der Waals surface area contributed by atoms with E-state index in [0.717, 1.165) is 5.69 Å². The van der Waals surface area contributed by atoms with Crippen molar-refractivity contribution in [2.24, 2.45) is 0 Å². The van der Waals surface area contributed by atoms with Gasteiger partial charge in [0.1, 0.15) is 0 Å². The second-order valence-electron chi connectivity index (χ2n) is 6.87. The molecule has 1 fully saturated rings. The normalized spacial score (nSPS) is 20.5. The van der Waals surface area contributed by atoms with Crippen LogP contribution in [0.25, 0.3) is 5.69 Å². The predicted molar refractivity (Wildman–Crippen MR) is 102 cm³/mol. The fourth-order valence-electron chi connectivity index (χ4n) is 3.24. The van der Waals surface area contributed by atoms with Crippen molar-refractivity contribution in [3.8, 4) is 11.4 Å². The fraction of sp³-hybridized carbons (Fsp3) is 0.450. The quantitative estimate of drug-likeness (QED) is 0.731. The van der Waals surface area contributed by atoms with E-state index in [4.69, 9.17) is 14.2 Å². The van der Waals surface area contributed by atoms with Gasteiger partial charge in [0.15, 0.2) is 11.9 Å². The number of esters is 1. The molecule has 0 spiro atoms. The first-order chi connectivity index (χ1) is 13.4. The molecule has 1 saturated heterocycles. The molecule has 8 heteroatoms. The predicted octanol–water partition coefficient (Wildman–Crippen LogP) is 2.06. The summed E-state index contributed by atoms with van der Waals surface area (Å²) in [5.41, 5.74) is 0.801. The van der Waals surface area contributed by atoms with Gasteiger partial charge in [-0.05, 0) is 32.9 Å². The average molecular weight is 387 g/mol. The van der Waals surface area contributed by atoms with Gasteiger partial charge in [0.2, 0.25) is 5.69 Å². The second kappa shape index (κ2) is 8.43. The van der Waals surface area contributed by atoms with E-state index in [1.165, 1.54) is 11.8 Å². The van der Waals surface area contributed by atoms with Crippen LogP contribution in [0.15, 0.2) is 36.5 Å². The van der Waals surface area contributed by atoms with Crippen LogP contribution in [-0.4, -0.2) is 65.1 Å². The van der Waals surface area contributed by atoms with Crippen molar-refractivity contribution in [2.45, 2.75) is 39.1 Å². The highest BCUT2D eigenvalue weighted by atomic mass is 16.6. The number of para-hydroxylation sites is 1. The smallest absolute Gasteiger partial charge is 0.363 e. The molecule has 150 valence electrons. The maximum absolute atomic E-state index is 12.7. The number of aromatic nitrogens is 2. The van der Waals surface area contributed by atoms with E-state index in [2.05, 4.69) is 5.10 Å². The van der Waals surface area contributed by atoms with Crippen LogP contribution >= 0.6 is 0 Å². The lowest BCUT2D eigenvalue weighted by atomic mass is 10.2. The van der Waals surface area contributed by atoms with Gasteiger partial charge in [-0.3, -0.25) is 4.79 Å². The maximum Gasteiger partial charge on any atom is 0.363 e. The largest absolute Gasteiger partial charge is 0.493 e. The molecule has 0 aliphatic carbocycles. The number of methoxy groups -OCH3 is 1. The third-order valence-corrected chi connectivity index (χ3v) is 4.48. The highest BCUT2D eigenvalue weighted by Gasteiger charge is 2.31. The molecule has 2 aromatic rings. The van der Waals surface area contributed by atoms with Gasteiger partial charge >= 0.3 is 5.97 Å². The summed E-state index contributed by atoms with van der Waals surface area (Å²) in [4.78, 5) is 27.0. The molecular formula is C20H25N3O5. The molecule has 1 aliphatic rings. The van der Waals surface area contributed by atoms with Crippen molar-refractivity contribution in [3.63, 3.8) is 0 Å². The number of benzene rings is 1. The van der Waals surface area contributed by atoms with Gasteiger partial charge in [0.25, 0.3) is 5.91 Å². The number of hydrogen-bond donors (Lipinski definition) is 0. The Morgan fingerprint density at radius 2 is 1.82 bits per heavy atom. The number of carbonyl (C=O) groups is 2. The minimum atomic E-state index is -0.934. The Labute approximate surface area is 164 Å². The summed E-state index contributed by atoms with van der Waals surface area (Å²) >= 11 is 0. The average Bonchev–Trinajstić information content (AvgIpc) is 3.12. The molecule has 3 atom stereocenters. The lowest BCUT2D eigenvalue weighted by Gasteiger charge is -2.36. The minimum absolute atomic E-state index is 0.0229. The Bertz CT molecular complexity index is 826. The molecule has 0 bridgehead atoms. The number of amides is 1. The fourth-order valence-corrected chi connectivity index (χ4v) is 3.24. The van der Waals surface area contributed by atoms with E-state index >= 15 is 0 Å². The van der Waals surface area contributed by atoms with E-state index in [-0.39, 0.29) is 29.6 Å². The van der Waals surface area contributed by atoms with Gasteiger partial charge < -0.3 is 19.1 Å². The Morgan fingerprint density at radius 3 is 2.43 bits per heavy atom. The number of carbonyl (C=O) groups excluding carboxylic acids is 2. The lowest BCUT2D eigenvalue weighted by Crippen LogP contribution is -2.51. The van der Waals surface area contributed by atoms with Gasteiger partial charge in [-0.15, -0.1) is 0 Å². The topological polar surface area (TPSA) is 82.9 Å². The molecular weight excluding hydrogens is 362 g/mol. The molecule has 8 nitrogen and oxygen atoms in total. The van der Waals surface area contributed by atoms with Gasteiger partial charge in [0.05, 0.1) is 31.2 Å². The Balaban J connectivity index is 1.72. The van der Waals surface area contributed by atoms with Crippen molar-refractivity contribution in [3.05, 3.63) is 42.2 Å². The Kier molecular flexibility index (Phi) is 5.99. The highest BCUT2D eigenvalue weighted by molar-refractivity contribution is 5.93. The summed E-state index contributed by atoms with van der Waals surface area (Å²) in [7, 11) is 1.45. The van der Waals surface area contributed by atoms with Gasteiger partial charge in [-0.25, -0.2) is 9.48 Å². The van der Waals surface area contributed by atoms with Crippen LogP contribution in [0.3, 0.4) is 0 Å². The summed E-state index contributed by atoms with van der Waals surface area (Å²) in [6.45, 7) is 6.32. The van der Waals surface area contributed by atoms with Gasteiger partial charge in [-0.2, -0.15) is 5.10 Å². The zero-order valence-electron chi connectivity index (χ0n) is 16.5. The minimum Gasteiger partial charge on any atom is -0.493 e. The van der Waals surface area contributed by atoms with E-state index in [9.17, 15) is 9.59 Å². The first-order valence-electron chi connectivity index (χ1n) is 9.23. The standard InChI is InChI=1S/C20H25N3O5/c1-13-10-22(11-14(2)27-13)19(24)15(3)28-20(25)18-17(26-4)12-23(21-18)16-8-6-5-7-9-16/h5-9,12-15H,10-11H2,1-4H3. The first-order valence-corrected chi connectivity index (χ1v) is 9.23. The molecule has 3 unspecified atom stereocenters. The van der Waals surface area contributed by atoms with Crippen LogP contribution in [0.4, 0.5) is 0 Å². The van der Waals surface area contributed by atoms with Crippen molar-refractivity contribution < 1.29 is 23.8 Å². The number of rotatable bonds is 5. The molecule has 1 aromatic carbocycles. The Hall–Kier alpha value is -2.87. The molecule has 1 aliphatic heterocycles. The zero-order chi connectivity index (χ0) is 20.3. The monoisotopic (exact) mass is 387 g/mol. The molecule has 0 N–H and O–H groups in total. The van der Waals surface area contributed by atoms with Crippen molar-refractivity contribution in [1.82, 2.24) is 14.7 Å². The summed E-state index contributed by atoms with van der Waals surface area (Å²) in [5.74, 6) is -0.680. The number of morpholine rings is 1. The van der Waals surface area contributed by atoms with Crippen LogP contribution in [0.5, 0.6) is 5.75 Å². The molecule has 1 amide bonds. The first kappa shape index (κ1) is 19.9. The molecule has 3 rings (SSSR count). The Morgan fingerprint density at radius 1 is 1.18 bits per heavy atom. The van der Waals surface area contributed by atoms with E-state index in [1.54, 1.807) is 18.0 Å². The van der Waals surface area contributed by atoms with Gasteiger partial charge in [-0.1, -0.05) is 18.2 Å². The van der Waals surface area contributed by atoms with Crippen molar-refractivity contribution in [2.75, 3.05) is 20.2 Å². The van der Waals surface area contributed by atoms with Gasteiger partial charge in [0, 0.05) is 13.1 Å². The number of ether oxygens (including phenoxy) is 3. The maximum atomic E-state index is 12.7. The second-order valence-corrected chi connectivity index (χ2v) is 6.87. The third kappa shape index (κ3) is 4.33. The van der Waals surface area contributed by atoms with Crippen LogP contribution in [0, 0.1) is 0 Å². The summed E-state index contributed by atoms with van der Waals surface area (Å²) in [6.07, 6.45) is 0.551. The lowest BCUT2D eigenvalue weighted by molar-refractivity contribution is -0.151. The summed E-state index contributed by atoms with van der Waals surface area (Å²) in [5, 5.41) is 4.27. The third-order valence-electron chi connectivity index (χ3n) is 4.48. The van der Waals surface area contributed by atoms with E-state index < -0.39 is 12.1 Å².